The van der Waals surface area contributed by atoms with Gasteiger partial charge < -0.3 is 9.80 Å². The van der Waals surface area contributed by atoms with Gasteiger partial charge in [-0.2, -0.15) is 0 Å². The Morgan fingerprint density at radius 3 is 2.46 bits per heavy atom. The fourth-order valence-electron chi connectivity index (χ4n) is 4.11. The van der Waals surface area contributed by atoms with E-state index in [1.165, 1.54) is 0 Å². The minimum Gasteiger partial charge on any atom is -0.338 e. The Labute approximate surface area is 174 Å². The Morgan fingerprint density at radius 1 is 1.00 bits per heavy atom. The predicted molar refractivity (Wildman–Crippen MR) is 114 cm³/mol. The average molecular weight is 415 g/mol. The van der Waals surface area contributed by atoms with Crippen LogP contribution in [0.4, 0.5) is 0 Å². The Morgan fingerprint density at radius 2 is 1.75 bits per heavy atom. The molecule has 2 fully saturated rings. The summed E-state index contributed by atoms with van der Waals surface area (Å²) in [6.07, 6.45) is 1.57. The van der Waals surface area contributed by atoms with Crippen molar-refractivity contribution in [2.45, 2.75) is 24.6 Å². The van der Waals surface area contributed by atoms with Gasteiger partial charge in [-0.3, -0.25) is 9.59 Å². The lowest BCUT2D eigenvalue weighted by Crippen LogP contribution is -2.53. The molecule has 2 aliphatic rings. The number of benzene rings is 2. The first-order valence-corrected chi connectivity index (χ1v) is 10.9. The van der Waals surface area contributed by atoms with Crippen molar-refractivity contribution in [1.29, 1.82) is 0 Å². The van der Waals surface area contributed by atoms with E-state index in [2.05, 4.69) is 0 Å². The van der Waals surface area contributed by atoms with Crippen molar-refractivity contribution < 1.29 is 9.59 Å². The number of rotatable bonds is 2. The molecule has 4 nitrogen and oxygen atoms in total. The molecule has 146 valence electrons. The maximum atomic E-state index is 13.2. The number of halogens is 1. The van der Waals surface area contributed by atoms with E-state index >= 15 is 0 Å². The van der Waals surface area contributed by atoms with Gasteiger partial charge >= 0.3 is 0 Å². The lowest BCUT2D eigenvalue weighted by molar-refractivity contribution is 0.0498. The van der Waals surface area contributed by atoms with Gasteiger partial charge in [0, 0.05) is 31.0 Å². The highest BCUT2D eigenvalue weighted by Crippen LogP contribution is 2.44. The maximum Gasteiger partial charge on any atom is 0.255 e. The quantitative estimate of drug-likeness (QED) is 0.727. The zero-order valence-electron chi connectivity index (χ0n) is 15.9. The molecule has 0 saturated carbocycles. The molecule has 2 aliphatic heterocycles. The van der Waals surface area contributed by atoms with Gasteiger partial charge in [-0.25, -0.2) is 0 Å². The number of amides is 2. The van der Waals surface area contributed by atoms with Crippen LogP contribution in [0, 0.1) is 6.92 Å². The number of carbonyl (C=O) groups is 2. The van der Waals surface area contributed by atoms with Crippen LogP contribution in [-0.2, 0) is 0 Å². The van der Waals surface area contributed by atoms with Crippen LogP contribution in [0.5, 0.6) is 0 Å². The number of thioether (sulfide) groups is 1. The predicted octanol–water partition coefficient (Wildman–Crippen LogP) is 4.47. The first kappa shape index (κ1) is 19.3. The van der Waals surface area contributed by atoms with Crippen molar-refractivity contribution in [3.63, 3.8) is 0 Å². The van der Waals surface area contributed by atoms with E-state index in [4.69, 9.17) is 11.6 Å². The Balaban J connectivity index is 1.49. The Kier molecular flexibility index (Phi) is 5.39. The van der Waals surface area contributed by atoms with Gasteiger partial charge in [-0.1, -0.05) is 41.4 Å². The minimum absolute atomic E-state index is 0.0278. The van der Waals surface area contributed by atoms with Crippen LogP contribution in [0.15, 0.2) is 48.5 Å². The molecule has 2 aromatic rings. The van der Waals surface area contributed by atoms with E-state index in [9.17, 15) is 9.59 Å². The highest BCUT2D eigenvalue weighted by molar-refractivity contribution is 8.00. The molecule has 2 aromatic carbocycles. The molecule has 2 saturated heterocycles. The average Bonchev–Trinajstić information content (AvgIpc) is 3.11. The number of aryl methyl sites for hydroxylation is 1. The number of likely N-dealkylation sites (tertiary alicyclic amines) is 1. The minimum atomic E-state index is -0.210. The van der Waals surface area contributed by atoms with Crippen LogP contribution >= 0.6 is 23.4 Å². The summed E-state index contributed by atoms with van der Waals surface area (Å²) in [5.41, 5.74) is 2.38. The largest absolute Gasteiger partial charge is 0.338 e. The topological polar surface area (TPSA) is 40.6 Å². The monoisotopic (exact) mass is 414 g/mol. The summed E-state index contributed by atoms with van der Waals surface area (Å²) in [4.78, 5) is 29.7. The van der Waals surface area contributed by atoms with E-state index in [0.29, 0.717) is 23.7 Å². The van der Waals surface area contributed by atoms with Gasteiger partial charge in [0.15, 0.2) is 0 Å². The number of hydrogen-bond acceptors (Lipinski definition) is 3. The van der Waals surface area contributed by atoms with Crippen molar-refractivity contribution in [2.75, 3.05) is 25.4 Å². The molecule has 0 N–H and O–H groups in total. The van der Waals surface area contributed by atoms with Gasteiger partial charge in [0.25, 0.3) is 11.8 Å². The molecular formula is C22H23ClN2O2S. The van der Waals surface area contributed by atoms with Crippen molar-refractivity contribution in [2.24, 2.45) is 0 Å². The second-order valence-corrected chi connectivity index (χ2v) is 9.26. The standard InChI is InChI=1S/C22H23ClN2O2S/c1-16-5-4-6-17(15-16)20(26)25-13-14-28-22(25)9-11-24(12-10-22)21(27)18-7-2-3-8-19(18)23/h2-8,15H,9-14H2,1H3. The van der Waals surface area contributed by atoms with Gasteiger partial charge in [-0.05, 0) is 44.0 Å². The molecule has 2 amide bonds. The molecule has 4 rings (SSSR count). The van der Waals surface area contributed by atoms with Gasteiger partial charge in [0.2, 0.25) is 0 Å². The number of hydrogen-bond donors (Lipinski definition) is 0. The Hall–Kier alpha value is -1.98. The van der Waals surface area contributed by atoms with E-state index in [1.54, 1.807) is 12.1 Å². The molecule has 0 atom stereocenters. The molecule has 28 heavy (non-hydrogen) atoms. The van der Waals surface area contributed by atoms with Crippen LogP contribution < -0.4 is 0 Å². The van der Waals surface area contributed by atoms with Crippen LogP contribution in [0.2, 0.25) is 5.02 Å². The summed E-state index contributed by atoms with van der Waals surface area (Å²) in [5.74, 6) is 1.01. The normalized spacial score (nSPS) is 18.5. The second-order valence-electron chi connectivity index (χ2n) is 7.39. The van der Waals surface area contributed by atoms with Crippen LogP contribution in [0.25, 0.3) is 0 Å². The van der Waals surface area contributed by atoms with E-state index in [-0.39, 0.29) is 16.7 Å². The third-order valence-electron chi connectivity index (χ3n) is 5.62. The van der Waals surface area contributed by atoms with Crippen LogP contribution in [-0.4, -0.2) is 51.9 Å². The molecule has 6 heteroatoms. The summed E-state index contributed by atoms with van der Waals surface area (Å²) in [5, 5.41) is 0.485. The fourth-order valence-corrected chi connectivity index (χ4v) is 5.78. The summed E-state index contributed by atoms with van der Waals surface area (Å²) >= 11 is 8.05. The number of nitrogens with zero attached hydrogens (tertiary/aromatic N) is 2. The highest BCUT2D eigenvalue weighted by atomic mass is 35.5. The van der Waals surface area contributed by atoms with Crippen molar-refractivity contribution in [3.8, 4) is 0 Å². The lowest BCUT2D eigenvalue weighted by Gasteiger charge is -2.44. The molecule has 0 bridgehead atoms. The van der Waals surface area contributed by atoms with E-state index in [0.717, 1.165) is 36.3 Å². The van der Waals surface area contributed by atoms with Crippen LogP contribution in [0.1, 0.15) is 39.1 Å². The van der Waals surface area contributed by atoms with E-state index < -0.39 is 0 Å². The molecule has 1 spiro atoms. The summed E-state index contributed by atoms with van der Waals surface area (Å²) in [6, 6.07) is 15.0. The van der Waals surface area contributed by atoms with Gasteiger partial charge in [0.05, 0.1) is 15.5 Å². The van der Waals surface area contributed by atoms with Gasteiger partial charge in [0.1, 0.15) is 0 Å². The first-order valence-electron chi connectivity index (χ1n) is 9.57. The Bertz CT molecular complexity index is 909. The number of carbonyl (C=O) groups excluding carboxylic acids is 2. The van der Waals surface area contributed by atoms with Gasteiger partial charge in [-0.15, -0.1) is 11.8 Å². The zero-order chi connectivity index (χ0) is 19.7. The summed E-state index contributed by atoms with van der Waals surface area (Å²) in [6.45, 7) is 4.03. The van der Waals surface area contributed by atoms with Crippen molar-refractivity contribution in [1.82, 2.24) is 9.80 Å². The number of piperidine rings is 1. The lowest BCUT2D eigenvalue weighted by atomic mass is 9.99. The van der Waals surface area contributed by atoms with E-state index in [1.807, 2.05) is 64.9 Å². The second kappa shape index (κ2) is 7.80. The zero-order valence-corrected chi connectivity index (χ0v) is 17.4. The molecular weight excluding hydrogens is 392 g/mol. The molecule has 0 radical (unpaired) electrons. The summed E-state index contributed by atoms with van der Waals surface area (Å²) < 4.78 is 0. The first-order chi connectivity index (χ1) is 13.5. The SMILES string of the molecule is Cc1cccc(C(=O)N2CCSC23CCN(C(=O)c2ccccc2Cl)CC3)c1. The fraction of sp³-hybridized carbons (Fsp3) is 0.364. The molecule has 2 heterocycles. The van der Waals surface area contributed by atoms with Crippen molar-refractivity contribution >= 4 is 35.2 Å². The molecule has 0 unspecified atom stereocenters. The maximum absolute atomic E-state index is 13.2. The molecule has 0 aliphatic carbocycles. The third-order valence-corrected chi connectivity index (χ3v) is 7.51. The highest BCUT2D eigenvalue weighted by Gasteiger charge is 2.47. The van der Waals surface area contributed by atoms with Crippen molar-refractivity contribution in [3.05, 3.63) is 70.2 Å². The smallest absolute Gasteiger partial charge is 0.255 e. The molecule has 0 aromatic heterocycles. The third kappa shape index (κ3) is 3.53. The summed E-state index contributed by atoms with van der Waals surface area (Å²) in [7, 11) is 0. The van der Waals surface area contributed by atoms with Crippen LogP contribution in [0.3, 0.4) is 0 Å².